The maximum atomic E-state index is 13.7. The van der Waals surface area contributed by atoms with Crippen molar-refractivity contribution in [3.8, 4) is 6.07 Å². The van der Waals surface area contributed by atoms with Gasteiger partial charge in [-0.05, 0) is 30.5 Å². The lowest BCUT2D eigenvalue weighted by Crippen LogP contribution is -2.45. The van der Waals surface area contributed by atoms with E-state index in [9.17, 15) is 10.1 Å². The van der Waals surface area contributed by atoms with Crippen LogP contribution in [0, 0.1) is 11.3 Å². The molecule has 2 fully saturated rings. The second kappa shape index (κ2) is 9.61. The average Bonchev–Trinajstić information content (AvgIpc) is 3.24. The minimum absolute atomic E-state index is 0.0554. The fraction of sp³-hybridized carbons (Fsp3) is 0.458. The van der Waals surface area contributed by atoms with Crippen LogP contribution in [0.15, 0.2) is 35.1 Å². The number of fused-ring (bicyclic) bond motifs is 1. The van der Waals surface area contributed by atoms with Crippen LogP contribution in [-0.4, -0.2) is 59.9 Å². The van der Waals surface area contributed by atoms with Gasteiger partial charge < -0.3 is 15.4 Å². The van der Waals surface area contributed by atoms with Crippen molar-refractivity contribution in [3.05, 3.63) is 56.7 Å². The third kappa shape index (κ3) is 4.66. The van der Waals surface area contributed by atoms with Gasteiger partial charge in [-0.25, -0.2) is 4.98 Å². The van der Waals surface area contributed by atoms with Crippen LogP contribution >= 0.6 is 11.3 Å². The van der Waals surface area contributed by atoms with Crippen LogP contribution in [0.25, 0.3) is 10.2 Å². The summed E-state index contributed by atoms with van der Waals surface area (Å²) < 4.78 is 7.85. The number of hydrogen-bond donors (Lipinski definition) is 1. The lowest BCUT2D eigenvalue weighted by molar-refractivity contribution is 0.0346. The van der Waals surface area contributed by atoms with Crippen molar-refractivity contribution in [2.45, 2.75) is 32.0 Å². The van der Waals surface area contributed by atoms with E-state index in [1.54, 1.807) is 10.6 Å². The topological polar surface area (TPSA) is 100 Å². The molecule has 4 heterocycles. The van der Waals surface area contributed by atoms with Crippen molar-refractivity contribution in [2.24, 2.45) is 5.73 Å². The van der Waals surface area contributed by atoms with E-state index in [1.165, 1.54) is 11.3 Å². The lowest BCUT2D eigenvalue weighted by atomic mass is 10.1. The number of rotatable bonds is 5. The summed E-state index contributed by atoms with van der Waals surface area (Å²) in [5.74, 6) is 0.645. The number of anilines is 1. The van der Waals surface area contributed by atoms with Crippen LogP contribution in [0.1, 0.15) is 28.8 Å². The van der Waals surface area contributed by atoms with Crippen LogP contribution in [0.5, 0.6) is 0 Å². The van der Waals surface area contributed by atoms with Crippen molar-refractivity contribution >= 4 is 27.5 Å². The molecule has 0 spiro atoms. The Bertz CT molecular complexity index is 1240. The summed E-state index contributed by atoms with van der Waals surface area (Å²) in [6.07, 6.45) is 1.94. The highest BCUT2D eigenvalue weighted by Crippen LogP contribution is 2.27. The van der Waals surface area contributed by atoms with Crippen LogP contribution in [0.3, 0.4) is 0 Å². The van der Waals surface area contributed by atoms with Gasteiger partial charge in [0, 0.05) is 43.6 Å². The van der Waals surface area contributed by atoms with Crippen LogP contribution < -0.4 is 16.2 Å². The van der Waals surface area contributed by atoms with E-state index in [0.29, 0.717) is 29.3 Å². The fourth-order valence-electron chi connectivity index (χ4n) is 4.62. The lowest BCUT2D eigenvalue weighted by Gasteiger charge is -2.33. The normalized spacial score (nSPS) is 19.6. The van der Waals surface area contributed by atoms with Crippen molar-refractivity contribution < 1.29 is 4.74 Å². The van der Waals surface area contributed by atoms with Gasteiger partial charge in [-0.15, -0.1) is 11.3 Å². The Morgan fingerprint density at radius 1 is 1.21 bits per heavy atom. The summed E-state index contributed by atoms with van der Waals surface area (Å²) in [5.41, 5.74) is 8.33. The molecule has 0 radical (unpaired) electrons. The summed E-state index contributed by atoms with van der Waals surface area (Å²) in [7, 11) is 0. The van der Waals surface area contributed by atoms with Gasteiger partial charge in [0.05, 0.1) is 36.9 Å². The molecule has 0 aliphatic carbocycles. The Morgan fingerprint density at radius 3 is 2.82 bits per heavy atom. The minimum Gasteiger partial charge on any atom is -0.379 e. The van der Waals surface area contributed by atoms with Crippen LogP contribution in [0.4, 0.5) is 5.95 Å². The van der Waals surface area contributed by atoms with Crippen molar-refractivity contribution in [1.29, 1.82) is 5.26 Å². The Balaban J connectivity index is 1.57. The molecule has 9 heteroatoms. The molecule has 0 bridgehead atoms. The smallest absolute Gasteiger partial charge is 0.273 e. The Morgan fingerprint density at radius 2 is 2.03 bits per heavy atom. The zero-order valence-corrected chi connectivity index (χ0v) is 19.4. The molecule has 2 aliphatic rings. The number of nitrogens with two attached hydrogens (primary N) is 1. The van der Waals surface area contributed by atoms with Crippen molar-refractivity contribution in [1.82, 2.24) is 14.5 Å². The second-order valence-corrected chi connectivity index (χ2v) is 9.87. The van der Waals surface area contributed by atoms with Crippen LogP contribution in [0.2, 0.25) is 0 Å². The summed E-state index contributed by atoms with van der Waals surface area (Å²) in [6.45, 7) is 5.87. The first kappa shape index (κ1) is 22.0. The Hall–Kier alpha value is -2.77. The highest BCUT2D eigenvalue weighted by molar-refractivity contribution is 7.18. The molecule has 0 saturated carbocycles. The Kier molecular flexibility index (Phi) is 6.42. The number of morpholine rings is 1. The standard InChI is InChI=1S/C24H28N6O2S/c25-13-17-4-1-2-5-18(17)14-30-23(31)22-21(27-24(30)29-7-3-6-19(26)15-29)12-20(33-22)16-28-8-10-32-11-9-28/h1-2,4-5,12,19H,3,6-11,14-16,26H2. The molecular formula is C24H28N6O2S. The van der Waals surface area contributed by atoms with Gasteiger partial charge in [0.2, 0.25) is 5.95 Å². The monoisotopic (exact) mass is 464 g/mol. The molecule has 1 aromatic carbocycles. The third-order valence-electron chi connectivity index (χ3n) is 6.35. The molecule has 2 aromatic heterocycles. The summed E-state index contributed by atoms with van der Waals surface area (Å²) in [6, 6.07) is 11.8. The molecule has 172 valence electrons. The largest absolute Gasteiger partial charge is 0.379 e. The van der Waals surface area contributed by atoms with E-state index >= 15 is 0 Å². The van der Waals surface area contributed by atoms with E-state index in [-0.39, 0.29) is 11.6 Å². The number of thiophene rings is 1. The van der Waals surface area contributed by atoms with Crippen LogP contribution in [-0.2, 0) is 17.8 Å². The summed E-state index contributed by atoms with van der Waals surface area (Å²) >= 11 is 1.52. The molecule has 8 nitrogen and oxygen atoms in total. The van der Waals surface area contributed by atoms with Gasteiger partial charge in [0.15, 0.2) is 0 Å². The van der Waals surface area contributed by atoms with Gasteiger partial charge in [-0.2, -0.15) is 5.26 Å². The number of aromatic nitrogens is 2. The molecule has 33 heavy (non-hydrogen) atoms. The quantitative estimate of drug-likeness (QED) is 0.617. The molecule has 3 aromatic rings. The number of nitrogens with zero attached hydrogens (tertiary/aromatic N) is 5. The first-order valence-corrected chi connectivity index (χ1v) is 12.3. The predicted molar refractivity (Wildman–Crippen MR) is 130 cm³/mol. The van der Waals surface area contributed by atoms with Crippen molar-refractivity contribution in [2.75, 3.05) is 44.3 Å². The molecule has 5 rings (SSSR count). The minimum atomic E-state index is -0.0554. The molecular weight excluding hydrogens is 436 g/mol. The highest BCUT2D eigenvalue weighted by atomic mass is 32.1. The molecule has 1 atom stereocenters. The molecule has 1 unspecified atom stereocenters. The van der Waals surface area contributed by atoms with E-state index in [0.717, 1.165) is 68.2 Å². The van der Waals surface area contributed by atoms with E-state index in [2.05, 4.69) is 21.9 Å². The maximum absolute atomic E-state index is 13.7. The number of nitriles is 1. The number of ether oxygens (including phenoxy) is 1. The summed E-state index contributed by atoms with van der Waals surface area (Å²) in [5, 5.41) is 9.56. The molecule has 2 saturated heterocycles. The first-order valence-electron chi connectivity index (χ1n) is 11.4. The zero-order chi connectivity index (χ0) is 22.8. The predicted octanol–water partition coefficient (Wildman–Crippen LogP) is 2.14. The van der Waals surface area contributed by atoms with E-state index < -0.39 is 0 Å². The number of piperidine rings is 1. The Labute approximate surface area is 196 Å². The maximum Gasteiger partial charge on any atom is 0.273 e. The van der Waals surface area contributed by atoms with E-state index in [4.69, 9.17) is 15.5 Å². The number of hydrogen-bond acceptors (Lipinski definition) is 8. The molecule has 2 aliphatic heterocycles. The SMILES string of the molecule is N#Cc1ccccc1Cn1c(N2CCCC(N)C2)nc2cc(CN3CCOCC3)sc2c1=O. The first-order chi connectivity index (χ1) is 16.1. The van der Waals surface area contributed by atoms with E-state index in [1.807, 2.05) is 18.2 Å². The van der Waals surface area contributed by atoms with Gasteiger partial charge in [0.25, 0.3) is 5.56 Å². The number of benzene rings is 1. The zero-order valence-electron chi connectivity index (χ0n) is 18.6. The second-order valence-electron chi connectivity index (χ2n) is 8.74. The average molecular weight is 465 g/mol. The van der Waals surface area contributed by atoms with Gasteiger partial charge in [0.1, 0.15) is 4.70 Å². The third-order valence-corrected chi connectivity index (χ3v) is 7.45. The van der Waals surface area contributed by atoms with Gasteiger partial charge in [-0.1, -0.05) is 18.2 Å². The molecule has 2 N–H and O–H groups in total. The van der Waals surface area contributed by atoms with Gasteiger partial charge in [-0.3, -0.25) is 14.3 Å². The highest BCUT2D eigenvalue weighted by Gasteiger charge is 2.24. The van der Waals surface area contributed by atoms with Gasteiger partial charge >= 0.3 is 0 Å². The summed E-state index contributed by atoms with van der Waals surface area (Å²) in [4.78, 5) is 24.3. The molecule has 0 amide bonds. The fourth-order valence-corrected chi connectivity index (χ4v) is 5.71. The van der Waals surface area contributed by atoms with Crippen molar-refractivity contribution in [3.63, 3.8) is 0 Å².